The van der Waals surface area contributed by atoms with Crippen LogP contribution >= 0.6 is 15.9 Å². The van der Waals surface area contributed by atoms with Crippen LogP contribution in [0.4, 0.5) is 5.69 Å². The van der Waals surface area contributed by atoms with Gasteiger partial charge in [0.05, 0.1) is 5.56 Å². The maximum atomic E-state index is 12.7. The Kier molecular flexibility index (Phi) is 4.33. The fourth-order valence-electron chi connectivity index (χ4n) is 3.19. The molecular formula is C23H14BrN3O2. The first kappa shape index (κ1) is 17.6. The van der Waals surface area contributed by atoms with Crippen LogP contribution in [0.25, 0.3) is 33.3 Å². The van der Waals surface area contributed by atoms with Gasteiger partial charge < -0.3 is 9.73 Å². The van der Waals surface area contributed by atoms with Crippen LogP contribution in [-0.2, 0) is 0 Å². The van der Waals surface area contributed by atoms with E-state index in [2.05, 4.69) is 31.2 Å². The minimum absolute atomic E-state index is 0.171. The summed E-state index contributed by atoms with van der Waals surface area (Å²) in [5, 5.41) is 5.06. The molecule has 0 saturated carbocycles. The Hall–Kier alpha value is -3.51. The van der Waals surface area contributed by atoms with Gasteiger partial charge in [-0.3, -0.25) is 9.78 Å². The molecular weight excluding hydrogens is 430 g/mol. The van der Waals surface area contributed by atoms with E-state index >= 15 is 0 Å². The summed E-state index contributed by atoms with van der Waals surface area (Å²) in [5.41, 5.74) is 3.34. The number of nitrogens with one attached hydrogen (secondary N) is 1. The Balaban J connectivity index is 1.43. The maximum absolute atomic E-state index is 12.7. The fraction of sp³-hybridized carbons (Fsp3) is 0. The summed E-state index contributed by atoms with van der Waals surface area (Å²) in [6, 6.07) is 20.9. The van der Waals surface area contributed by atoms with Crippen LogP contribution in [0, 0.1) is 0 Å². The van der Waals surface area contributed by atoms with Crippen molar-refractivity contribution in [3.05, 3.63) is 89.2 Å². The number of benzene rings is 3. The molecule has 0 unspecified atom stereocenters. The number of fused-ring (bicyclic) bond motifs is 2. The highest BCUT2D eigenvalue weighted by atomic mass is 79.9. The van der Waals surface area contributed by atoms with E-state index < -0.39 is 0 Å². The van der Waals surface area contributed by atoms with Crippen LogP contribution in [-0.4, -0.2) is 15.9 Å². The quantitative estimate of drug-likeness (QED) is 0.368. The van der Waals surface area contributed by atoms with Crippen molar-refractivity contribution in [3.63, 3.8) is 0 Å². The van der Waals surface area contributed by atoms with Crippen molar-refractivity contribution in [2.45, 2.75) is 0 Å². The van der Waals surface area contributed by atoms with Gasteiger partial charge in [0.1, 0.15) is 5.52 Å². The lowest BCUT2D eigenvalue weighted by molar-refractivity contribution is 0.102. The third kappa shape index (κ3) is 3.50. The molecule has 0 aliphatic carbocycles. The fourth-order valence-corrected chi connectivity index (χ4v) is 3.56. The molecule has 2 aromatic heterocycles. The minimum atomic E-state index is -0.171. The van der Waals surface area contributed by atoms with Crippen molar-refractivity contribution in [2.75, 3.05) is 5.32 Å². The number of halogens is 1. The molecule has 140 valence electrons. The van der Waals surface area contributed by atoms with Crippen molar-refractivity contribution in [3.8, 4) is 11.5 Å². The number of carbonyl (C=O) groups is 1. The molecule has 29 heavy (non-hydrogen) atoms. The van der Waals surface area contributed by atoms with E-state index in [1.807, 2.05) is 48.5 Å². The normalized spacial score (nSPS) is 11.1. The largest absolute Gasteiger partial charge is 0.436 e. The summed E-state index contributed by atoms with van der Waals surface area (Å²) >= 11 is 3.40. The molecule has 5 aromatic rings. The van der Waals surface area contributed by atoms with Gasteiger partial charge in [0.25, 0.3) is 5.91 Å². The van der Waals surface area contributed by atoms with Crippen LogP contribution in [0.3, 0.4) is 0 Å². The zero-order valence-corrected chi connectivity index (χ0v) is 16.7. The second kappa shape index (κ2) is 7.14. The standard InChI is InChI=1S/C23H14BrN3O2/c24-18-10-17(12-25-13-18)23-27-20-11-19(7-8-21(20)29-23)26-22(28)16-6-5-14-3-1-2-4-15(14)9-16/h1-13H,(H,26,28). The van der Waals surface area contributed by atoms with Crippen LogP contribution in [0.1, 0.15) is 10.4 Å². The second-order valence-electron chi connectivity index (χ2n) is 6.61. The average molecular weight is 444 g/mol. The number of aromatic nitrogens is 2. The molecule has 0 aliphatic rings. The molecule has 1 N–H and O–H groups in total. The first-order valence-corrected chi connectivity index (χ1v) is 9.77. The van der Waals surface area contributed by atoms with Crippen LogP contribution < -0.4 is 5.32 Å². The number of hydrogen-bond acceptors (Lipinski definition) is 4. The maximum Gasteiger partial charge on any atom is 0.255 e. The molecule has 2 heterocycles. The molecule has 1 amide bonds. The lowest BCUT2D eigenvalue weighted by Gasteiger charge is -2.06. The smallest absolute Gasteiger partial charge is 0.255 e. The second-order valence-corrected chi connectivity index (χ2v) is 7.53. The van der Waals surface area contributed by atoms with Gasteiger partial charge in [-0.2, -0.15) is 0 Å². The highest BCUT2D eigenvalue weighted by molar-refractivity contribution is 9.10. The summed E-state index contributed by atoms with van der Waals surface area (Å²) in [6.45, 7) is 0. The summed E-state index contributed by atoms with van der Waals surface area (Å²) in [5.74, 6) is 0.307. The van der Waals surface area contributed by atoms with E-state index in [1.54, 1.807) is 30.6 Å². The van der Waals surface area contributed by atoms with Gasteiger partial charge in [-0.15, -0.1) is 0 Å². The predicted octanol–water partition coefficient (Wildman–Crippen LogP) is 6.06. The topological polar surface area (TPSA) is 68.0 Å². The molecule has 0 radical (unpaired) electrons. The number of pyridine rings is 1. The van der Waals surface area contributed by atoms with Crippen molar-refractivity contribution in [1.82, 2.24) is 9.97 Å². The van der Waals surface area contributed by atoms with Gasteiger partial charge in [-0.05, 0) is 63.1 Å². The lowest BCUT2D eigenvalue weighted by Crippen LogP contribution is -2.11. The molecule has 5 rings (SSSR count). The third-order valence-corrected chi connectivity index (χ3v) is 5.04. The van der Waals surface area contributed by atoms with Crippen molar-refractivity contribution < 1.29 is 9.21 Å². The number of amides is 1. The monoisotopic (exact) mass is 443 g/mol. The zero-order valence-electron chi connectivity index (χ0n) is 15.1. The number of oxazole rings is 1. The average Bonchev–Trinajstić information content (AvgIpc) is 3.17. The van der Waals surface area contributed by atoms with Gasteiger partial charge >= 0.3 is 0 Å². The van der Waals surface area contributed by atoms with E-state index in [9.17, 15) is 4.79 Å². The molecule has 6 heteroatoms. The highest BCUT2D eigenvalue weighted by Gasteiger charge is 2.12. The zero-order chi connectivity index (χ0) is 19.8. The predicted molar refractivity (Wildman–Crippen MR) is 117 cm³/mol. The van der Waals surface area contributed by atoms with E-state index in [-0.39, 0.29) is 5.91 Å². The SMILES string of the molecule is O=C(Nc1ccc2oc(-c3cncc(Br)c3)nc2c1)c1ccc2ccccc2c1. The number of anilines is 1. The Labute approximate surface area is 174 Å². The Morgan fingerprint density at radius 3 is 2.66 bits per heavy atom. The number of rotatable bonds is 3. The Bertz CT molecular complexity index is 1380. The minimum Gasteiger partial charge on any atom is -0.436 e. The van der Waals surface area contributed by atoms with Gasteiger partial charge in [0, 0.05) is 28.1 Å². The Morgan fingerprint density at radius 2 is 1.79 bits per heavy atom. The Morgan fingerprint density at radius 1 is 0.931 bits per heavy atom. The molecule has 3 aromatic carbocycles. The summed E-state index contributed by atoms with van der Waals surface area (Å²) in [7, 11) is 0. The van der Waals surface area contributed by atoms with Crippen LogP contribution in [0.5, 0.6) is 0 Å². The van der Waals surface area contributed by atoms with E-state index in [1.165, 1.54) is 0 Å². The molecule has 0 atom stereocenters. The summed E-state index contributed by atoms with van der Waals surface area (Å²) in [4.78, 5) is 21.4. The third-order valence-electron chi connectivity index (χ3n) is 4.61. The lowest BCUT2D eigenvalue weighted by atomic mass is 10.1. The first-order valence-electron chi connectivity index (χ1n) is 8.97. The van der Waals surface area contributed by atoms with Gasteiger partial charge in [-0.1, -0.05) is 30.3 Å². The molecule has 5 nitrogen and oxygen atoms in total. The van der Waals surface area contributed by atoms with E-state index in [0.717, 1.165) is 20.8 Å². The molecule has 0 aliphatic heterocycles. The summed E-state index contributed by atoms with van der Waals surface area (Å²) < 4.78 is 6.67. The number of carbonyl (C=O) groups excluding carboxylic acids is 1. The van der Waals surface area contributed by atoms with Crippen molar-refractivity contribution in [1.29, 1.82) is 0 Å². The molecule has 0 spiro atoms. The van der Waals surface area contributed by atoms with Crippen molar-refractivity contribution >= 4 is 49.4 Å². The van der Waals surface area contributed by atoms with Gasteiger partial charge in [0.15, 0.2) is 5.58 Å². The highest BCUT2D eigenvalue weighted by Crippen LogP contribution is 2.27. The van der Waals surface area contributed by atoms with Crippen molar-refractivity contribution in [2.24, 2.45) is 0 Å². The van der Waals surface area contributed by atoms with E-state index in [0.29, 0.717) is 28.2 Å². The molecule has 0 saturated heterocycles. The van der Waals surface area contributed by atoms with E-state index in [4.69, 9.17) is 4.42 Å². The van der Waals surface area contributed by atoms with Crippen LogP contribution in [0.15, 0.2) is 88.0 Å². The number of nitrogens with zero attached hydrogens (tertiary/aromatic N) is 2. The first-order chi connectivity index (χ1) is 14.2. The van der Waals surface area contributed by atoms with Crippen LogP contribution in [0.2, 0.25) is 0 Å². The van der Waals surface area contributed by atoms with Gasteiger partial charge in [-0.25, -0.2) is 4.98 Å². The number of hydrogen-bond donors (Lipinski definition) is 1. The molecule has 0 fully saturated rings. The van der Waals surface area contributed by atoms with Gasteiger partial charge in [0.2, 0.25) is 5.89 Å². The molecule has 0 bridgehead atoms. The summed E-state index contributed by atoms with van der Waals surface area (Å²) in [6.07, 6.45) is 3.39.